The lowest BCUT2D eigenvalue weighted by molar-refractivity contribution is -0.137. The van der Waals surface area contributed by atoms with Crippen molar-refractivity contribution < 1.29 is 31.1 Å². The second-order valence-electron chi connectivity index (χ2n) is 8.80. The van der Waals surface area contributed by atoms with Crippen molar-refractivity contribution >= 4 is 26.8 Å². The van der Waals surface area contributed by atoms with Crippen LogP contribution in [0.2, 0.25) is 0 Å². The fourth-order valence-electron chi connectivity index (χ4n) is 3.91. The maximum atomic E-state index is 13.5. The Bertz CT molecular complexity index is 1770. The number of carbonyl (C=O) groups excluding carboxylic acids is 1. The highest BCUT2D eigenvalue weighted by Gasteiger charge is 2.34. The van der Waals surface area contributed by atoms with Crippen LogP contribution in [0.15, 0.2) is 101 Å². The summed E-state index contributed by atoms with van der Waals surface area (Å²) in [6.07, 6.45) is -1.80. The molecule has 0 atom stereocenters. The Balaban J connectivity index is 1.35. The third-order valence-electron chi connectivity index (χ3n) is 6.04. The molecule has 204 valence electrons. The number of ether oxygens (including phenoxy) is 1. The molecule has 2 heterocycles. The molecule has 0 aliphatic rings. The molecular formula is C28H21F3N4O4S. The molecule has 0 fully saturated rings. The number of carbonyl (C=O) groups is 1. The molecule has 3 aromatic carbocycles. The maximum Gasteiger partial charge on any atom is 0.416 e. The number of alkyl halides is 3. The number of rotatable bonds is 8. The first-order valence-electron chi connectivity index (χ1n) is 11.9. The van der Waals surface area contributed by atoms with Gasteiger partial charge in [-0.3, -0.25) is 9.89 Å². The molecule has 0 unspecified atom stereocenters. The number of amides is 1. The van der Waals surface area contributed by atoms with Gasteiger partial charge in [0, 0.05) is 18.1 Å². The van der Waals surface area contributed by atoms with Crippen LogP contribution >= 0.6 is 0 Å². The minimum atomic E-state index is -4.75. The SMILES string of the molecule is O=C(NCc1ccc(S(=O)(=O)c2cc(C(F)(F)F)ccc2OCc2ccccc2)cc1)c1cnc2[nH]ncc2c1. The zero-order valence-corrected chi connectivity index (χ0v) is 21.5. The molecule has 40 heavy (non-hydrogen) atoms. The second kappa shape index (κ2) is 10.8. The van der Waals surface area contributed by atoms with Crippen LogP contribution in [0.5, 0.6) is 5.75 Å². The summed E-state index contributed by atoms with van der Waals surface area (Å²) in [6.45, 7) is 0.0496. The average molecular weight is 567 g/mol. The lowest BCUT2D eigenvalue weighted by atomic mass is 10.2. The van der Waals surface area contributed by atoms with E-state index in [4.69, 9.17) is 4.74 Å². The summed E-state index contributed by atoms with van der Waals surface area (Å²) in [4.78, 5) is 15.8. The first kappa shape index (κ1) is 26.9. The second-order valence-corrected chi connectivity index (χ2v) is 10.7. The highest BCUT2D eigenvalue weighted by Crippen LogP contribution is 2.37. The van der Waals surface area contributed by atoms with Gasteiger partial charge in [-0.15, -0.1) is 0 Å². The molecule has 2 aromatic heterocycles. The van der Waals surface area contributed by atoms with Gasteiger partial charge in [0.25, 0.3) is 5.91 Å². The van der Waals surface area contributed by atoms with Gasteiger partial charge in [-0.05, 0) is 47.5 Å². The first-order chi connectivity index (χ1) is 19.1. The molecule has 8 nitrogen and oxygen atoms in total. The van der Waals surface area contributed by atoms with Crippen LogP contribution in [0.1, 0.15) is 27.0 Å². The number of H-pyrrole nitrogens is 1. The van der Waals surface area contributed by atoms with Gasteiger partial charge in [0.15, 0.2) is 5.65 Å². The normalized spacial score (nSPS) is 11.9. The number of hydrogen-bond acceptors (Lipinski definition) is 6. The minimum absolute atomic E-state index is 0.0313. The van der Waals surface area contributed by atoms with E-state index in [2.05, 4.69) is 20.5 Å². The molecule has 5 rings (SSSR count). The Hall–Kier alpha value is -4.71. The third kappa shape index (κ3) is 5.81. The van der Waals surface area contributed by atoms with E-state index < -0.39 is 32.4 Å². The summed E-state index contributed by atoms with van der Waals surface area (Å²) in [5, 5.41) is 9.95. The van der Waals surface area contributed by atoms with Gasteiger partial charge < -0.3 is 10.1 Å². The van der Waals surface area contributed by atoms with Gasteiger partial charge in [-0.25, -0.2) is 13.4 Å². The van der Waals surface area contributed by atoms with Crippen molar-refractivity contribution in [1.29, 1.82) is 0 Å². The predicted molar refractivity (Wildman–Crippen MR) is 139 cm³/mol. The van der Waals surface area contributed by atoms with E-state index in [1.807, 2.05) is 0 Å². The largest absolute Gasteiger partial charge is 0.488 e. The van der Waals surface area contributed by atoms with Gasteiger partial charge in [0.1, 0.15) is 17.3 Å². The lowest BCUT2D eigenvalue weighted by Gasteiger charge is -2.15. The smallest absolute Gasteiger partial charge is 0.416 e. The van der Waals surface area contributed by atoms with E-state index in [0.29, 0.717) is 28.2 Å². The lowest BCUT2D eigenvalue weighted by Crippen LogP contribution is -2.22. The Kier molecular flexibility index (Phi) is 7.26. The van der Waals surface area contributed by atoms with E-state index in [0.717, 1.165) is 17.7 Å². The number of nitrogens with zero attached hydrogens (tertiary/aromatic N) is 2. The third-order valence-corrected chi connectivity index (χ3v) is 7.83. The van der Waals surface area contributed by atoms with Crippen molar-refractivity contribution in [3.05, 3.63) is 114 Å². The van der Waals surface area contributed by atoms with E-state index in [1.54, 1.807) is 42.6 Å². The van der Waals surface area contributed by atoms with Crippen LogP contribution in [-0.2, 0) is 29.2 Å². The summed E-state index contributed by atoms with van der Waals surface area (Å²) in [5.74, 6) is -0.590. The standard InChI is InChI=1S/C28H21F3N4O4S/c29-28(30,31)22-8-11-24(39-17-19-4-2-1-3-5-19)25(13-22)40(37,38)23-9-6-18(7-10-23)14-33-27(36)21-12-20-16-34-35-26(20)32-15-21/h1-13,15-16H,14,17H2,(H,33,36)(H,32,34,35). The van der Waals surface area contributed by atoms with E-state index in [9.17, 15) is 26.4 Å². The fraction of sp³-hybridized carbons (Fsp3) is 0.107. The Labute approximate surface area is 226 Å². The molecule has 0 saturated heterocycles. The number of aromatic nitrogens is 3. The molecular weight excluding hydrogens is 545 g/mol. The van der Waals surface area contributed by atoms with E-state index >= 15 is 0 Å². The Morgan fingerprint density at radius 2 is 1.68 bits per heavy atom. The molecule has 5 aromatic rings. The van der Waals surface area contributed by atoms with Crippen molar-refractivity contribution in [2.24, 2.45) is 0 Å². The predicted octanol–water partition coefficient (Wildman–Crippen LogP) is 5.32. The summed E-state index contributed by atoms with van der Waals surface area (Å²) < 4.78 is 72.9. The molecule has 0 saturated carbocycles. The summed E-state index contributed by atoms with van der Waals surface area (Å²) in [5.41, 5.74) is 1.05. The van der Waals surface area contributed by atoms with Crippen molar-refractivity contribution in [1.82, 2.24) is 20.5 Å². The van der Waals surface area contributed by atoms with E-state index in [-0.39, 0.29) is 23.8 Å². The quantitative estimate of drug-likeness (QED) is 0.263. The van der Waals surface area contributed by atoms with Gasteiger partial charge >= 0.3 is 6.18 Å². The van der Waals surface area contributed by atoms with Crippen LogP contribution in [0.3, 0.4) is 0 Å². The average Bonchev–Trinajstić information content (AvgIpc) is 3.43. The molecule has 0 spiro atoms. The van der Waals surface area contributed by atoms with Crippen LogP contribution in [-0.4, -0.2) is 29.5 Å². The monoisotopic (exact) mass is 566 g/mol. The van der Waals surface area contributed by atoms with Gasteiger partial charge in [0.05, 0.1) is 22.2 Å². The number of nitrogens with one attached hydrogen (secondary N) is 2. The van der Waals surface area contributed by atoms with E-state index in [1.165, 1.54) is 30.5 Å². The molecule has 0 bridgehead atoms. The van der Waals surface area contributed by atoms with Crippen LogP contribution < -0.4 is 10.1 Å². The van der Waals surface area contributed by atoms with Crippen molar-refractivity contribution in [3.63, 3.8) is 0 Å². The number of halogens is 3. The van der Waals surface area contributed by atoms with Crippen LogP contribution in [0.4, 0.5) is 13.2 Å². The molecule has 2 N–H and O–H groups in total. The van der Waals surface area contributed by atoms with Crippen LogP contribution in [0, 0.1) is 0 Å². The zero-order valence-electron chi connectivity index (χ0n) is 20.6. The summed E-state index contributed by atoms with van der Waals surface area (Å²) in [6, 6.07) is 18.3. The molecule has 12 heteroatoms. The fourth-order valence-corrected chi connectivity index (χ4v) is 5.33. The number of pyridine rings is 1. The number of hydrogen-bond donors (Lipinski definition) is 2. The van der Waals surface area contributed by atoms with Crippen LogP contribution in [0.25, 0.3) is 11.0 Å². The van der Waals surface area contributed by atoms with Crippen molar-refractivity contribution in [2.45, 2.75) is 29.1 Å². The number of sulfone groups is 1. The molecule has 0 radical (unpaired) electrons. The topological polar surface area (TPSA) is 114 Å². The molecule has 1 amide bonds. The van der Waals surface area contributed by atoms with Crippen molar-refractivity contribution in [3.8, 4) is 5.75 Å². The highest BCUT2D eigenvalue weighted by atomic mass is 32.2. The van der Waals surface area contributed by atoms with Gasteiger partial charge in [-0.2, -0.15) is 18.3 Å². The van der Waals surface area contributed by atoms with Gasteiger partial charge in [-0.1, -0.05) is 42.5 Å². The zero-order chi connectivity index (χ0) is 28.3. The number of benzene rings is 3. The number of aromatic amines is 1. The first-order valence-corrected chi connectivity index (χ1v) is 13.4. The Morgan fingerprint density at radius 1 is 0.925 bits per heavy atom. The maximum absolute atomic E-state index is 13.5. The summed E-state index contributed by atoms with van der Waals surface area (Å²) in [7, 11) is -4.39. The number of fused-ring (bicyclic) bond motifs is 1. The van der Waals surface area contributed by atoms with Crippen molar-refractivity contribution in [2.75, 3.05) is 0 Å². The van der Waals surface area contributed by atoms with Gasteiger partial charge in [0.2, 0.25) is 9.84 Å². The highest BCUT2D eigenvalue weighted by molar-refractivity contribution is 7.91. The molecule has 0 aliphatic heterocycles. The summed E-state index contributed by atoms with van der Waals surface area (Å²) >= 11 is 0. The molecule has 0 aliphatic carbocycles. The Morgan fingerprint density at radius 3 is 2.40 bits per heavy atom. The minimum Gasteiger partial charge on any atom is -0.488 e.